The number of nitrogens with two attached hydrogens (primary N) is 1. The van der Waals surface area contributed by atoms with Gasteiger partial charge in [0.1, 0.15) is 12.4 Å². The molecule has 1 aromatic rings. The maximum Gasteiger partial charge on any atom is 0.148 e. The van der Waals surface area contributed by atoms with Crippen molar-refractivity contribution in [1.29, 1.82) is 0 Å². The molecule has 0 aliphatic carbocycles. The van der Waals surface area contributed by atoms with Crippen LogP contribution in [0.2, 0.25) is 0 Å². The quantitative estimate of drug-likeness (QED) is 0.720. The van der Waals surface area contributed by atoms with Crippen molar-refractivity contribution in [2.75, 3.05) is 6.61 Å². The second-order valence-corrected chi connectivity index (χ2v) is 3.16. The van der Waals surface area contributed by atoms with Gasteiger partial charge in [0, 0.05) is 18.2 Å². The summed E-state index contributed by atoms with van der Waals surface area (Å²) in [7, 11) is 0. The van der Waals surface area contributed by atoms with Crippen LogP contribution in [-0.4, -0.2) is 17.6 Å². The molecule has 2 N–H and O–H groups in total. The molecule has 1 rings (SSSR count). The lowest BCUT2D eigenvalue weighted by Gasteiger charge is -2.05. The number of hydrogen-bond acceptors (Lipinski definition) is 3. The minimum absolute atomic E-state index is 0.125. The molecule has 0 radical (unpaired) electrons. The summed E-state index contributed by atoms with van der Waals surface area (Å²) in [6.07, 6.45) is 7.50. The van der Waals surface area contributed by atoms with Crippen LogP contribution in [0.25, 0.3) is 0 Å². The SMILES string of the molecule is C#CCOc1ccc(CC(C)N)nc1. The van der Waals surface area contributed by atoms with Gasteiger partial charge in [0.05, 0.1) is 6.20 Å². The standard InChI is InChI=1S/C11H14N2O/c1-3-6-14-11-5-4-10(13-8-11)7-9(2)12/h1,4-5,8-9H,6-7,12H2,2H3. The van der Waals surface area contributed by atoms with Gasteiger partial charge in [0.2, 0.25) is 0 Å². The number of hydrogen-bond donors (Lipinski definition) is 1. The molecule has 0 saturated heterocycles. The Bertz CT molecular complexity index is 311. The van der Waals surface area contributed by atoms with Crippen molar-refractivity contribution in [2.24, 2.45) is 5.73 Å². The molecule has 1 unspecified atom stereocenters. The second kappa shape index (κ2) is 5.25. The molecule has 1 heterocycles. The van der Waals surface area contributed by atoms with Crippen molar-refractivity contribution >= 4 is 0 Å². The van der Waals surface area contributed by atoms with Crippen LogP contribution in [0, 0.1) is 12.3 Å². The fourth-order valence-electron chi connectivity index (χ4n) is 1.07. The zero-order valence-corrected chi connectivity index (χ0v) is 8.23. The summed E-state index contributed by atoms with van der Waals surface area (Å²) in [5.41, 5.74) is 6.61. The summed E-state index contributed by atoms with van der Waals surface area (Å²) in [6, 6.07) is 3.87. The number of terminal acetylenes is 1. The molecule has 0 spiro atoms. The van der Waals surface area contributed by atoms with Crippen molar-refractivity contribution in [2.45, 2.75) is 19.4 Å². The molecule has 0 saturated carbocycles. The molecule has 1 aromatic heterocycles. The molecular weight excluding hydrogens is 176 g/mol. The third-order valence-corrected chi connectivity index (χ3v) is 1.65. The molecule has 14 heavy (non-hydrogen) atoms. The molecular formula is C11H14N2O. The Kier molecular flexibility index (Phi) is 3.96. The summed E-state index contributed by atoms with van der Waals surface area (Å²) in [4.78, 5) is 4.20. The van der Waals surface area contributed by atoms with Crippen LogP contribution in [0.1, 0.15) is 12.6 Å². The Morgan fingerprint density at radius 2 is 2.43 bits per heavy atom. The van der Waals surface area contributed by atoms with Gasteiger partial charge in [-0.2, -0.15) is 0 Å². The smallest absolute Gasteiger partial charge is 0.148 e. The molecule has 0 bridgehead atoms. The highest BCUT2D eigenvalue weighted by Gasteiger charge is 1.99. The summed E-state index contributed by atoms with van der Waals surface area (Å²) in [5.74, 6) is 3.08. The van der Waals surface area contributed by atoms with E-state index in [0.717, 1.165) is 12.1 Å². The summed E-state index contributed by atoms with van der Waals surface area (Å²) >= 11 is 0. The fourth-order valence-corrected chi connectivity index (χ4v) is 1.07. The number of nitrogens with zero attached hydrogens (tertiary/aromatic N) is 1. The average molecular weight is 190 g/mol. The van der Waals surface area contributed by atoms with Crippen LogP contribution in [-0.2, 0) is 6.42 Å². The van der Waals surface area contributed by atoms with Crippen molar-refractivity contribution in [3.05, 3.63) is 24.0 Å². The molecule has 0 aliphatic heterocycles. The van der Waals surface area contributed by atoms with Gasteiger partial charge in [-0.25, -0.2) is 0 Å². The monoisotopic (exact) mass is 190 g/mol. The third-order valence-electron chi connectivity index (χ3n) is 1.65. The average Bonchev–Trinajstić information content (AvgIpc) is 2.16. The first-order valence-corrected chi connectivity index (χ1v) is 4.49. The highest BCUT2D eigenvalue weighted by Crippen LogP contribution is 2.09. The largest absolute Gasteiger partial charge is 0.479 e. The molecule has 74 valence electrons. The van der Waals surface area contributed by atoms with Gasteiger partial charge in [-0.3, -0.25) is 4.98 Å². The van der Waals surface area contributed by atoms with Gasteiger partial charge >= 0.3 is 0 Å². The van der Waals surface area contributed by atoms with Gasteiger partial charge in [-0.1, -0.05) is 5.92 Å². The Morgan fingerprint density at radius 3 is 2.93 bits per heavy atom. The van der Waals surface area contributed by atoms with Crippen molar-refractivity contribution in [3.8, 4) is 18.1 Å². The van der Waals surface area contributed by atoms with Crippen molar-refractivity contribution in [3.63, 3.8) is 0 Å². The van der Waals surface area contributed by atoms with E-state index in [1.807, 2.05) is 19.1 Å². The van der Waals surface area contributed by atoms with Crippen LogP contribution < -0.4 is 10.5 Å². The Labute approximate surface area is 84.3 Å². The highest BCUT2D eigenvalue weighted by atomic mass is 16.5. The van der Waals surface area contributed by atoms with E-state index >= 15 is 0 Å². The topological polar surface area (TPSA) is 48.1 Å². The predicted octanol–water partition coefficient (Wildman–Crippen LogP) is 0.983. The minimum Gasteiger partial charge on any atom is -0.479 e. The number of pyridine rings is 1. The molecule has 3 heteroatoms. The van der Waals surface area contributed by atoms with E-state index in [-0.39, 0.29) is 12.6 Å². The van der Waals surface area contributed by atoms with E-state index in [9.17, 15) is 0 Å². The molecule has 3 nitrogen and oxygen atoms in total. The van der Waals surface area contributed by atoms with Gasteiger partial charge in [0.25, 0.3) is 0 Å². The number of ether oxygens (including phenoxy) is 1. The van der Waals surface area contributed by atoms with E-state index in [4.69, 9.17) is 16.9 Å². The maximum absolute atomic E-state index is 5.64. The minimum atomic E-state index is 0.125. The van der Waals surface area contributed by atoms with Crippen LogP contribution in [0.3, 0.4) is 0 Å². The van der Waals surface area contributed by atoms with Gasteiger partial charge in [-0.15, -0.1) is 6.42 Å². The summed E-state index contributed by atoms with van der Waals surface area (Å²) < 4.78 is 5.19. The molecule has 0 amide bonds. The molecule has 0 fully saturated rings. The van der Waals surface area contributed by atoms with Gasteiger partial charge in [0.15, 0.2) is 0 Å². The lowest BCUT2D eigenvalue weighted by molar-refractivity contribution is 0.368. The van der Waals surface area contributed by atoms with Crippen LogP contribution in [0.15, 0.2) is 18.3 Å². The Balaban J connectivity index is 2.56. The van der Waals surface area contributed by atoms with E-state index in [0.29, 0.717) is 5.75 Å². The molecule has 1 atom stereocenters. The van der Waals surface area contributed by atoms with Crippen LogP contribution >= 0.6 is 0 Å². The zero-order valence-electron chi connectivity index (χ0n) is 8.23. The van der Waals surface area contributed by atoms with Crippen molar-refractivity contribution < 1.29 is 4.74 Å². The van der Waals surface area contributed by atoms with Gasteiger partial charge in [-0.05, 0) is 19.1 Å². The number of aromatic nitrogens is 1. The highest BCUT2D eigenvalue weighted by molar-refractivity contribution is 5.20. The summed E-state index contributed by atoms with van der Waals surface area (Å²) in [6.45, 7) is 2.22. The van der Waals surface area contributed by atoms with Gasteiger partial charge < -0.3 is 10.5 Å². The molecule has 0 aliphatic rings. The van der Waals surface area contributed by atoms with E-state index in [2.05, 4.69) is 10.9 Å². The number of rotatable bonds is 4. The lowest BCUT2D eigenvalue weighted by Crippen LogP contribution is -2.18. The first kappa shape index (κ1) is 10.6. The van der Waals surface area contributed by atoms with E-state index in [1.54, 1.807) is 6.20 Å². The first-order chi connectivity index (χ1) is 6.72. The maximum atomic E-state index is 5.64. The predicted molar refractivity (Wildman–Crippen MR) is 55.9 cm³/mol. The van der Waals surface area contributed by atoms with Crippen LogP contribution in [0.4, 0.5) is 0 Å². The fraction of sp³-hybridized carbons (Fsp3) is 0.364. The zero-order chi connectivity index (χ0) is 10.4. The lowest BCUT2D eigenvalue weighted by atomic mass is 10.2. The third kappa shape index (κ3) is 3.46. The van der Waals surface area contributed by atoms with E-state index in [1.165, 1.54) is 0 Å². The van der Waals surface area contributed by atoms with Crippen LogP contribution in [0.5, 0.6) is 5.75 Å². The summed E-state index contributed by atoms with van der Waals surface area (Å²) in [5, 5.41) is 0. The Morgan fingerprint density at radius 1 is 1.64 bits per heavy atom. The van der Waals surface area contributed by atoms with E-state index < -0.39 is 0 Å². The second-order valence-electron chi connectivity index (χ2n) is 3.16. The normalized spacial score (nSPS) is 11.8. The molecule has 0 aromatic carbocycles. The van der Waals surface area contributed by atoms with Crippen molar-refractivity contribution in [1.82, 2.24) is 4.98 Å². The first-order valence-electron chi connectivity index (χ1n) is 4.49. The Hall–Kier alpha value is -1.53.